The maximum atomic E-state index is 13.8. The summed E-state index contributed by atoms with van der Waals surface area (Å²) in [5.74, 6) is 0.660. The van der Waals surface area contributed by atoms with Crippen LogP contribution in [0.1, 0.15) is 71.8 Å². The first-order chi connectivity index (χ1) is 11.9. The fourth-order valence-electron chi connectivity index (χ4n) is 4.15. The molecule has 0 spiro atoms. The van der Waals surface area contributed by atoms with Crippen molar-refractivity contribution < 1.29 is 14.4 Å². The third kappa shape index (κ3) is 6.07. The quantitative estimate of drug-likeness (QED) is 0.643. The zero-order valence-corrected chi connectivity index (χ0v) is 16.6. The molecule has 1 heterocycles. The highest BCUT2D eigenvalue weighted by Crippen LogP contribution is 2.46. The summed E-state index contributed by atoms with van der Waals surface area (Å²) in [6, 6.07) is 7.12. The van der Waals surface area contributed by atoms with E-state index in [9.17, 15) is 4.39 Å². The smallest absolute Gasteiger partial charge is 0.132 e. The molecule has 2 nitrogen and oxygen atoms in total. The molecule has 0 aromatic heterocycles. The van der Waals surface area contributed by atoms with Gasteiger partial charge in [0.25, 0.3) is 0 Å². The number of hydrogen-bond acceptors (Lipinski definition) is 1. The van der Waals surface area contributed by atoms with Gasteiger partial charge in [-0.3, -0.25) is 0 Å². The fraction of sp³-hybridized carbons (Fsp3) is 0.727. The van der Waals surface area contributed by atoms with Crippen molar-refractivity contribution in [1.29, 1.82) is 0 Å². The Morgan fingerprint density at radius 2 is 2.00 bits per heavy atom. The van der Waals surface area contributed by atoms with E-state index in [1.165, 1.54) is 25.7 Å². The average molecular weight is 351 g/mol. The zero-order chi connectivity index (χ0) is 18.3. The maximum absolute atomic E-state index is 13.8. The normalized spacial score (nSPS) is 27.0. The lowest BCUT2D eigenvalue weighted by atomic mass is 9.67. The van der Waals surface area contributed by atoms with Gasteiger partial charge in [-0.25, -0.2) is 4.39 Å². The molecule has 0 saturated carbocycles. The molecule has 0 radical (unpaired) electrons. The summed E-state index contributed by atoms with van der Waals surface area (Å²) < 4.78 is 19.9. The number of ether oxygens (including phenoxy) is 1. The molecule has 142 valence electrons. The van der Waals surface area contributed by atoms with Gasteiger partial charge in [0.15, 0.2) is 0 Å². The second kappa shape index (κ2) is 9.14. The minimum Gasteiger partial charge on any atom is -0.375 e. The van der Waals surface area contributed by atoms with Crippen molar-refractivity contribution in [3.05, 3.63) is 35.6 Å². The van der Waals surface area contributed by atoms with Crippen LogP contribution in [0.15, 0.2) is 24.3 Å². The molecular weight excluding hydrogens is 313 g/mol. The van der Waals surface area contributed by atoms with E-state index in [4.69, 9.17) is 4.74 Å². The van der Waals surface area contributed by atoms with Gasteiger partial charge in [-0.15, -0.1) is 0 Å². The first-order valence-electron chi connectivity index (χ1n) is 10.1. The number of rotatable bonds is 9. The van der Waals surface area contributed by atoms with E-state index in [1.54, 1.807) is 12.1 Å². The van der Waals surface area contributed by atoms with E-state index in [0.29, 0.717) is 5.41 Å². The Labute approximate surface area is 153 Å². The third-order valence-corrected chi connectivity index (χ3v) is 6.03. The summed E-state index contributed by atoms with van der Waals surface area (Å²) in [6.45, 7) is 11.8. The molecular formula is C22H37FNO+. The van der Waals surface area contributed by atoms with Gasteiger partial charge < -0.3 is 10.1 Å². The predicted octanol–water partition coefficient (Wildman–Crippen LogP) is 4.68. The van der Waals surface area contributed by atoms with Crippen LogP contribution < -0.4 is 5.32 Å². The molecule has 2 atom stereocenters. The Morgan fingerprint density at radius 3 is 2.68 bits per heavy atom. The minimum atomic E-state index is -0.0853. The molecule has 1 fully saturated rings. The van der Waals surface area contributed by atoms with Crippen molar-refractivity contribution >= 4 is 0 Å². The van der Waals surface area contributed by atoms with Gasteiger partial charge >= 0.3 is 0 Å². The van der Waals surface area contributed by atoms with Crippen LogP contribution in [-0.2, 0) is 11.3 Å². The number of halogens is 1. The monoisotopic (exact) mass is 350 g/mol. The first kappa shape index (κ1) is 20.4. The van der Waals surface area contributed by atoms with Crippen LogP contribution in [-0.4, -0.2) is 18.8 Å². The molecule has 0 aliphatic carbocycles. The third-order valence-electron chi connectivity index (χ3n) is 6.03. The second-order valence-corrected chi connectivity index (χ2v) is 8.63. The van der Waals surface area contributed by atoms with Gasteiger partial charge in [0.1, 0.15) is 12.4 Å². The van der Waals surface area contributed by atoms with Gasteiger partial charge in [-0.2, -0.15) is 0 Å². The van der Waals surface area contributed by atoms with Crippen LogP contribution in [0.2, 0.25) is 0 Å². The van der Waals surface area contributed by atoms with Gasteiger partial charge in [0.2, 0.25) is 0 Å². The van der Waals surface area contributed by atoms with E-state index in [-0.39, 0.29) is 11.4 Å². The lowest BCUT2D eigenvalue weighted by Crippen LogP contribution is -2.83. The zero-order valence-electron chi connectivity index (χ0n) is 16.6. The highest BCUT2D eigenvalue weighted by molar-refractivity contribution is 5.15. The van der Waals surface area contributed by atoms with Crippen molar-refractivity contribution in [2.75, 3.05) is 13.2 Å². The van der Waals surface area contributed by atoms with Gasteiger partial charge in [-0.1, -0.05) is 45.4 Å². The summed E-state index contributed by atoms with van der Waals surface area (Å²) in [5.41, 5.74) is 1.23. The summed E-state index contributed by atoms with van der Waals surface area (Å²) >= 11 is 0. The summed E-state index contributed by atoms with van der Waals surface area (Å²) in [4.78, 5) is 0. The van der Waals surface area contributed by atoms with Crippen LogP contribution in [0.3, 0.4) is 0 Å². The molecule has 2 N–H and O–H groups in total. The van der Waals surface area contributed by atoms with E-state index in [2.05, 4.69) is 33.0 Å². The van der Waals surface area contributed by atoms with Gasteiger partial charge in [-0.05, 0) is 50.0 Å². The van der Waals surface area contributed by atoms with E-state index < -0.39 is 0 Å². The lowest BCUT2D eigenvalue weighted by molar-refractivity contribution is -0.672. The van der Waals surface area contributed by atoms with Crippen LogP contribution in [0.25, 0.3) is 0 Å². The molecule has 0 amide bonds. The molecule has 0 bridgehead atoms. The SMILES string of the molecule is CC[C@]1(C)C[C@@](CC[NH2+]Cc2ccccc2F)(CCC(C)C)CCO1. The highest BCUT2D eigenvalue weighted by atomic mass is 19.1. The molecule has 0 unspecified atom stereocenters. The summed E-state index contributed by atoms with van der Waals surface area (Å²) in [7, 11) is 0. The van der Waals surface area contributed by atoms with Crippen molar-refractivity contribution in [1.82, 2.24) is 0 Å². The van der Waals surface area contributed by atoms with Crippen molar-refractivity contribution in [3.8, 4) is 0 Å². The molecule has 25 heavy (non-hydrogen) atoms. The van der Waals surface area contributed by atoms with E-state index in [0.717, 1.165) is 44.0 Å². The van der Waals surface area contributed by atoms with Crippen molar-refractivity contribution in [2.45, 2.75) is 78.4 Å². The Kier molecular flexibility index (Phi) is 7.45. The number of hydrogen-bond donors (Lipinski definition) is 1. The molecule has 2 rings (SSSR count). The summed E-state index contributed by atoms with van der Waals surface area (Å²) in [6.07, 6.45) is 7.19. The van der Waals surface area contributed by atoms with Crippen LogP contribution >= 0.6 is 0 Å². The summed E-state index contributed by atoms with van der Waals surface area (Å²) in [5, 5.41) is 2.27. The average Bonchev–Trinajstić information content (AvgIpc) is 2.59. The molecule has 1 aromatic carbocycles. The van der Waals surface area contributed by atoms with E-state index >= 15 is 0 Å². The van der Waals surface area contributed by atoms with Gasteiger partial charge in [0.05, 0.1) is 12.1 Å². The number of quaternary nitrogens is 1. The van der Waals surface area contributed by atoms with E-state index in [1.807, 2.05) is 12.1 Å². The van der Waals surface area contributed by atoms with Crippen LogP contribution in [0.4, 0.5) is 4.39 Å². The predicted molar refractivity (Wildman–Crippen MR) is 102 cm³/mol. The number of nitrogens with two attached hydrogens (primary N) is 1. The van der Waals surface area contributed by atoms with Crippen LogP contribution in [0, 0.1) is 17.2 Å². The Hall–Kier alpha value is -0.930. The molecule has 1 aromatic rings. The first-order valence-corrected chi connectivity index (χ1v) is 10.1. The highest BCUT2D eigenvalue weighted by Gasteiger charge is 2.42. The fourth-order valence-corrected chi connectivity index (χ4v) is 4.15. The lowest BCUT2D eigenvalue weighted by Gasteiger charge is -2.46. The standard InChI is InChI=1S/C22H36FNO/c1-5-21(4)17-22(13-15-25-21,11-10-18(2)3)12-14-24-16-19-8-6-7-9-20(19)23/h6-9,18,24H,5,10-17H2,1-4H3/p+1/t21-,22-/m1/s1. The minimum absolute atomic E-state index is 0.0285. The molecule has 1 aliphatic heterocycles. The van der Waals surface area contributed by atoms with Crippen molar-refractivity contribution in [3.63, 3.8) is 0 Å². The van der Waals surface area contributed by atoms with Gasteiger partial charge in [0, 0.05) is 18.6 Å². The van der Waals surface area contributed by atoms with Crippen LogP contribution in [0.5, 0.6) is 0 Å². The topological polar surface area (TPSA) is 25.8 Å². The largest absolute Gasteiger partial charge is 0.375 e. The Bertz CT molecular complexity index is 533. The Balaban J connectivity index is 1.93. The number of benzene rings is 1. The molecule has 3 heteroatoms. The second-order valence-electron chi connectivity index (χ2n) is 8.63. The maximum Gasteiger partial charge on any atom is 0.132 e. The molecule has 1 saturated heterocycles. The molecule has 1 aliphatic rings. The Morgan fingerprint density at radius 1 is 1.24 bits per heavy atom. The van der Waals surface area contributed by atoms with Crippen molar-refractivity contribution in [2.24, 2.45) is 11.3 Å².